The van der Waals surface area contributed by atoms with Crippen LogP contribution in [0.2, 0.25) is 0 Å². The number of thioether (sulfide) groups is 1. The van der Waals surface area contributed by atoms with Crippen molar-refractivity contribution in [3.05, 3.63) is 59.3 Å². The quantitative estimate of drug-likeness (QED) is 0.381. The monoisotopic (exact) mass is 413 g/mol. The molecule has 0 aliphatic heterocycles. The molecule has 0 aliphatic rings. The number of rotatable bonds is 4. The van der Waals surface area contributed by atoms with Gasteiger partial charge in [0.2, 0.25) is 5.91 Å². The SMILES string of the molecule is O=C(CSc1ncnc2c1oc1ccccc12)Nc1ccc(Br)cc1. The molecule has 0 radical (unpaired) electrons. The first-order valence-electron chi connectivity index (χ1n) is 7.51. The fourth-order valence-corrected chi connectivity index (χ4v) is 3.47. The van der Waals surface area contributed by atoms with Crippen molar-refractivity contribution in [3.63, 3.8) is 0 Å². The molecule has 2 aromatic carbocycles. The predicted octanol–water partition coefficient (Wildman–Crippen LogP) is 4.87. The lowest BCUT2D eigenvalue weighted by atomic mass is 10.2. The molecule has 2 aromatic heterocycles. The molecule has 0 fully saturated rings. The van der Waals surface area contributed by atoms with Crippen molar-refractivity contribution in [2.24, 2.45) is 0 Å². The van der Waals surface area contributed by atoms with Crippen LogP contribution in [0.3, 0.4) is 0 Å². The van der Waals surface area contributed by atoms with E-state index < -0.39 is 0 Å². The standard InChI is InChI=1S/C18H12BrN3O2S/c19-11-5-7-12(8-6-11)22-15(23)9-25-18-17-16(20-10-21-18)13-3-1-2-4-14(13)24-17/h1-8,10H,9H2,(H,22,23). The maximum atomic E-state index is 12.2. The van der Waals surface area contributed by atoms with Crippen molar-refractivity contribution in [2.45, 2.75) is 5.03 Å². The van der Waals surface area contributed by atoms with Gasteiger partial charge in [0.1, 0.15) is 22.5 Å². The number of fused-ring (bicyclic) bond motifs is 3. The van der Waals surface area contributed by atoms with Crippen molar-refractivity contribution in [3.8, 4) is 0 Å². The van der Waals surface area contributed by atoms with E-state index in [0.717, 1.165) is 26.6 Å². The number of furan rings is 1. The molecule has 1 amide bonds. The highest BCUT2D eigenvalue weighted by molar-refractivity contribution is 9.10. The van der Waals surface area contributed by atoms with E-state index in [1.54, 1.807) is 0 Å². The van der Waals surface area contributed by atoms with E-state index in [9.17, 15) is 4.79 Å². The molecule has 5 nitrogen and oxygen atoms in total. The Bertz CT molecular complexity index is 1060. The lowest BCUT2D eigenvalue weighted by Gasteiger charge is -2.05. The van der Waals surface area contributed by atoms with Crippen LogP contribution in [0.25, 0.3) is 22.1 Å². The van der Waals surface area contributed by atoms with Crippen molar-refractivity contribution in [1.29, 1.82) is 0 Å². The van der Waals surface area contributed by atoms with Gasteiger partial charge in [-0.25, -0.2) is 9.97 Å². The Morgan fingerprint density at radius 1 is 1.12 bits per heavy atom. The Labute approximate surface area is 156 Å². The van der Waals surface area contributed by atoms with Crippen LogP contribution in [0, 0.1) is 0 Å². The van der Waals surface area contributed by atoms with E-state index in [4.69, 9.17) is 4.42 Å². The summed E-state index contributed by atoms with van der Waals surface area (Å²) in [5, 5.41) is 4.46. The molecular weight excluding hydrogens is 402 g/mol. The zero-order chi connectivity index (χ0) is 17.2. The molecule has 0 unspecified atom stereocenters. The van der Waals surface area contributed by atoms with E-state index in [0.29, 0.717) is 10.6 Å². The number of carbonyl (C=O) groups is 1. The van der Waals surface area contributed by atoms with Crippen LogP contribution < -0.4 is 5.32 Å². The number of amides is 1. The highest BCUT2D eigenvalue weighted by atomic mass is 79.9. The second kappa shape index (κ2) is 6.85. The van der Waals surface area contributed by atoms with Crippen molar-refractivity contribution >= 4 is 61.4 Å². The molecular formula is C18H12BrN3O2S. The van der Waals surface area contributed by atoms with Crippen LogP contribution in [0.5, 0.6) is 0 Å². The van der Waals surface area contributed by atoms with Gasteiger partial charge in [-0.2, -0.15) is 0 Å². The van der Waals surface area contributed by atoms with Crippen molar-refractivity contribution in [2.75, 3.05) is 11.1 Å². The molecule has 25 heavy (non-hydrogen) atoms. The summed E-state index contributed by atoms with van der Waals surface area (Å²) in [5.74, 6) is 0.134. The van der Waals surface area contributed by atoms with Gasteiger partial charge in [0, 0.05) is 15.5 Å². The highest BCUT2D eigenvalue weighted by Crippen LogP contribution is 2.32. The van der Waals surface area contributed by atoms with Crippen LogP contribution in [-0.4, -0.2) is 21.6 Å². The zero-order valence-corrected chi connectivity index (χ0v) is 15.3. The summed E-state index contributed by atoms with van der Waals surface area (Å²) >= 11 is 4.70. The van der Waals surface area contributed by atoms with Crippen LogP contribution in [0.15, 0.2) is 68.8 Å². The van der Waals surface area contributed by atoms with Gasteiger partial charge in [-0.15, -0.1) is 0 Å². The molecule has 0 saturated heterocycles. The largest absolute Gasteiger partial charge is 0.451 e. The van der Waals surface area contributed by atoms with Crippen LogP contribution >= 0.6 is 27.7 Å². The number of aromatic nitrogens is 2. The first-order valence-corrected chi connectivity index (χ1v) is 9.29. The molecule has 0 saturated carbocycles. The summed E-state index contributed by atoms with van der Waals surface area (Å²) in [6, 6.07) is 15.2. The molecule has 124 valence electrons. The summed E-state index contributed by atoms with van der Waals surface area (Å²) < 4.78 is 6.83. The maximum Gasteiger partial charge on any atom is 0.234 e. The van der Waals surface area contributed by atoms with E-state index in [2.05, 4.69) is 31.2 Å². The summed E-state index contributed by atoms with van der Waals surface area (Å²) in [5.41, 5.74) is 2.90. The minimum absolute atomic E-state index is 0.102. The Kier molecular flexibility index (Phi) is 4.42. The van der Waals surface area contributed by atoms with Crippen LogP contribution in [-0.2, 0) is 4.79 Å². The molecule has 4 rings (SSSR count). The average Bonchev–Trinajstić information content (AvgIpc) is 3.01. The maximum absolute atomic E-state index is 12.2. The predicted molar refractivity (Wildman–Crippen MR) is 103 cm³/mol. The topological polar surface area (TPSA) is 68.0 Å². The summed E-state index contributed by atoms with van der Waals surface area (Å²) in [6.07, 6.45) is 1.50. The van der Waals surface area contributed by atoms with Crippen LogP contribution in [0.1, 0.15) is 0 Å². The summed E-state index contributed by atoms with van der Waals surface area (Å²) in [7, 11) is 0. The van der Waals surface area contributed by atoms with E-state index in [1.807, 2.05) is 48.5 Å². The lowest BCUT2D eigenvalue weighted by Crippen LogP contribution is -2.14. The third-order valence-corrected chi connectivity index (χ3v) is 5.09. The van der Waals surface area contributed by atoms with Gasteiger partial charge >= 0.3 is 0 Å². The second-order valence-electron chi connectivity index (χ2n) is 5.30. The Morgan fingerprint density at radius 3 is 2.76 bits per heavy atom. The number of nitrogens with zero attached hydrogens (tertiary/aromatic N) is 2. The second-order valence-corrected chi connectivity index (χ2v) is 7.18. The molecule has 0 aliphatic carbocycles. The van der Waals surface area contributed by atoms with E-state index in [1.165, 1.54) is 18.1 Å². The molecule has 4 aromatic rings. The first-order chi connectivity index (χ1) is 12.2. The number of hydrogen-bond donors (Lipinski definition) is 1. The molecule has 1 N–H and O–H groups in total. The first kappa shape index (κ1) is 16.1. The molecule has 2 heterocycles. The number of carbonyl (C=O) groups excluding carboxylic acids is 1. The fraction of sp³-hybridized carbons (Fsp3) is 0.0556. The lowest BCUT2D eigenvalue weighted by molar-refractivity contribution is -0.113. The Morgan fingerprint density at radius 2 is 1.92 bits per heavy atom. The Hall–Kier alpha value is -2.38. The van der Waals surface area contributed by atoms with Crippen molar-refractivity contribution in [1.82, 2.24) is 9.97 Å². The molecule has 0 spiro atoms. The van der Waals surface area contributed by atoms with Gasteiger partial charge < -0.3 is 9.73 Å². The van der Waals surface area contributed by atoms with Crippen molar-refractivity contribution < 1.29 is 9.21 Å². The minimum Gasteiger partial charge on any atom is -0.451 e. The van der Waals surface area contributed by atoms with Gasteiger partial charge in [0.25, 0.3) is 0 Å². The van der Waals surface area contributed by atoms with Crippen LogP contribution in [0.4, 0.5) is 5.69 Å². The average molecular weight is 414 g/mol. The smallest absolute Gasteiger partial charge is 0.234 e. The number of para-hydroxylation sites is 1. The highest BCUT2D eigenvalue weighted by Gasteiger charge is 2.14. The normalized spacial score (nSPS) is 11.1. The third-order valence-electron chi connectivity index (χ3n) is 3.59. The van der Waals surface area contributed by atoms with Gasteiger partial charge in [-0.1, -0.05) is 39.8 Å². The van der Waals surface area contributed by atoms with Gasteiger partial charge in [-0.3, -0.25) is 4.79 Å². The van der Waals surface area contributed by atoms with Gasteiger partial charge in [-0.05, 0) is 36.4 Å². The molecule has 0 bridgehead atoms. The number of anilines is 1. The van der Waals surface area contributed by atoms with E-state index in [-0.39, 0.29) is 11.7 Å². The summed E-state index contributed by atoms with van der Waals surface area (Å²) in [4.78, 5) is 20.7. The minimum atomic E-state index is -0.102. The zero-order valence-electron chi connectivity index (χ0n) is 12.9. The Balaban J connectivity index is 1.52. The van der Waals surface area contributed by atoms with Gasteiger partial charge in [0.05, 0.1) is 5.75 Å². The number of benzene rings is 2. The number of nitrogens with one attached hydrogen (secondary N) is 1. The van der Waals surface area contributed by atoms with E-state index >= 15 is 0 Å². The summed E-state index contributed by atoms with van der Waals surface area (Å²) in [6.45, 7) is 0. The molecule has 7 heteroatoms. The third kappa shape index (κ3) is 3.38. The number of halogens is 1. The molecule has 0 atom stereocenters. The fourth-order valence-electron chi connectivity index (χ4n) is 2.47. The van der Waals surface area contributed by atoms with Gasteiger partial charge in [0.15, 0.2) is 5.58 Å². The number of hydrogen-bond acceptors (Lipinski definition) is 5.